The summed E-state index contributed by atoms with van der Waals surface area (Å²) in [5.74, 6) is -0.177. The summed E-state index contributed by atoms with van der Waals surface area (Å²) in [6, 6.07) is 11.3. The van der Waals surface area contributed by atoms with Gasteiger partial charge in [0.1, 0.15) is 0 Å². The van der Waals surface area contributed by atoms with E-state index >= 15 is 0 Å². The van der Waals surface area contributed by atoms with Gasteiger partial charge in [-0.2, -0.15) is 0 Å². The van der Waals surface area contributed by atoms with E-state index in [9.17, 15) is 13.2 Å². The maximum Gasteiger partial charge on any atom is 0.261 e. The minimum absolute atomic E-state index is 0.0589. The minimum Gasteiger partial charge on any atom is -0.295 e. The van der Waals surface area contributed by atoms with Crippen LogP contribution in [0.25, 0.3) is 0 Å². The van der Waals surface area contributed by atoms with Gasteiger partial charge in [0, 0.05) is 10.0 Å². The van der Waals surface area contributed by atoms with Gasteiger partial charge in [0.15, 0.2) is 5.78 Å². The lowest BCUT2D eigenvalue weighted by molar-refractivity contribution is 0.101. The molecular formula is C15H14BrNO3S. The molecule has 2 aromatic rings. The molecule has 21 heavy (non-hydrogen) atoms. The molecule has 4 nitrogen and oxygen atoms in total. The third-order valence-corrected chi connectivity index (χ3v) is 4.97. The zero-order chi connectivity index (χ0) is 15.6. The molecule has 0 aromatic heterocycles. The molecule has 0 amide bonds. The second kappa shape index (κ2) is 5.99. The Labute approximate surface area is 132 Å². The molecular weight excluding hydrogens is 354 g/mol. The number of ketones is 1. The first-order valence-corrected chi connectivity index (χ1v) is 8.47. The predicted octanol–water partition coefficient (Wildman–Crippen LogP) is 3.76. The van der Waals surface area contributed by atoms with Crippen molar-refractivity contribution in [3.05, 3.63) is 58.1 Å². The van der Waals surface area contributed by atoms with Crippen LogP contribution >= 0.6 is 15.9 Å². The lowest BCUT2D eigenvalue weighted by Crippen LogP contribution is -2.14. The van der Waals surface area contributed by atoms with Crippen molar-refractivity contribution in [1.82, 2.24) is 0 Å². The smallest absolute Gasteiger partial charge is 0.261 e. The van der Waals surface area contributed by atoms with E-state index in [1.165, 1.54) is 19.1 Å². The molecule has 0 atom stereocenters. The van der Waals surface area contributed by atoms with Crippen molar-refractivity contribution in [2.24, 2.45) is 0 Å². The van der Waals surface area contributed by atoms with Crippen molar-refractivity contribution in [2.75, 3.05) is 4.72 Å². The van der Waals surface area contributed by atoms with E-state index in [-0.39, 0.29) is 10.7 Å². The Hall–Kier alpha value is -1.66. The molecule has 0 aliphatic rings. The summed E-state index contributed by atoms with van der Waals surface area (Å²) >= 11 is 3.31. The molecule has 0 saturated carbocycles. The van der Waals surface area contributed by atoms with E-state index in [1.807, 2.05) is 13.0 Å². The number of hydrogen-bond donors (Lipinski definition) is 1. The fraction of sp³-hybridized carbons (Fsp3) is 0.133. The van der Waals surface area contributed by atoms with Gasteiger partial charge in [0.25, 0.3) is 10.0 Å². The highest BCUT2D eigenvalue weighted by Gasteiger charge is 2.16. The van der Waals surface area contributed by atoms with Crippen LogP contribution in [0.1, 0.15) is 22.8 Å². The van der Waals surface area contributed by atoms with Gasteiger partial charge in [-0.25, -0.2) is 8.42 Å². The molecule has 2 rings (SSSR count). The van der Waals surface area contributed by atoms with Crippen LogP contribution in [0.4, 0.5) is 5.69 Å². The first-order valence-electron chi connectivity index (χ1n) is 6.19. The topological polar surface area (TPSA) is 63.2 Å². The standard InChI is InChI=1S/C15H14BrNO3S/c1-10-6-7-14(16)15(8-10)17-21(19,20)13-5-3-4-12(9-13)11(2)18/h3-9,17H,1-2H3. The second-order valence-electron chi connectivity index (χ2n) is 4.67. The fourth-order valence-corrected chi connectivity index (χ4v) is 3.40. The molecule has 0 aliphatic heterocycles. The maximum absolute atomic E-state index is 12.4. The van der Waals surface area contributed by atoms with E-state index in [0.717, 1.165) is 5.56 Å². The number of carbonyl (C=O) groups is 1. The molecule has 0 radical (unpaired) electrons. The van der Waals surface area contributed by atoms with Gasteiger partial charge in [-0.1, -0.05) is 18.2 Å². The fourth-order valence-electron chi connectivity index (χ4n) is 1.80. The number of anilines is 1. The predicted molar refractivity (Wildman–Crippen MR) is 86.1 cm³/mol. The zero-order valence-corrected chi connectivity index (χ0v) is 14.0. The van der Waals surface area contributed by atoms with E-state index < -0.39 is 10.0 Å². The van der Waals surface area contributed by atoms with Gasteiger partial charge in [0.05, 0.1) is 10.6 Å². The van der Waals surface area contributed by atoms with Gasteiger partial charge in [0.2, 0.25) is 0 Å². The summed E-state index contributed by atoms with van der Waals surface area (Å²) in [5, 5.41) is 0. The first-order chi connectivity index (χ1) is 9.79. The molecule has 0 fully saturated rings. The minimum atomic E-state index is -3.74. The van der Waals surface area contributed by atoms with Crippen LogP contribution in [-0.4, -0.2) is 14.2 Å². The van der Waals surface area contributed by atoms with Crippen LogP contribution in [0, 0.1) is 6.92 Å². The summed E-state index contributed by atoms with van der Waals surface area (Å²) < 4.78 is 28.0. The third kappa shape index (κ3) is 3.71. The Bertz CT molecular complexity index is 800. The third-order valence-electron chi connectivity index (χ3n) is 2.92. The molecule has 110 valence electrons. The number of hydrogen-bond acceptors (Lipinski definition) is 3. The summed E-state index contributed by atoms with van der Waals surface area (Å²) in [7, 11) is -3.74. The SMILES string of the molecule is CC(=O)c1cccc(S(=O)(=O)Nc2cc(C)ccc2Br)c1. The highest BCUT2D eigenvalue weighted by atomic mass is 79.9. The zero-order valence-electron chi connectivity index (χ0n) is 11.6. The first kappa shape index (κ1) is 15.7. The van der Waals surface area contributed by atoms with E-state index in [4.69, 9.17) is 0 Å². The number of halogens is 1. The van der Waals surface area contributed by atoms with Gasteiger partial charge in [-0.05, 0) is 59.6 Å². The monoisotopic (exact) mass is 367 g/mol. The summed E-state index contributed by atoms with van der Waals surface area (Å²) in [6.07, 6.45) is 0. The van der Waals surface area contributed by atoms with Gasteiger partial charge >= 0.3 is 0 Å². The molecule has 0 bridgehead atoms. The number of nitrogens with one attached hydrogen (secondary N) is 1. The maximum atomic E-state index is 12.4. The van der Waals surface area contributed by atoms with Crippen LogP contribution in [0.2, 0.25) is 0 Å². The lowest BCUT2D eigenvalue weighted by Gasteiger charge is -2.11. The molecule has 0 spiro atoms. The van der Waals surface area contributed by atoms with Crippen molar-refractivity contribution in [2.45, 2.75) is 18.7 Å². The molecule has 0 saturated heterocycles. The largest absolute Gasteiger partial charge is 0.295 e. The van der Waals surface area contributed by atoms with Gasteiger partial charge in [-0.15, -0.1) is 0 Å². The van der Waals surface area contributed by atoms with Crippen LogP contribution in [0.5, 0.6) is 0 Å². The van der Waals surface area contributed by atoms with Gasteiger partial charge < -0.3 is 0 Å². The van der Waals surface area contributed by atoms with Crippen LogP contribution < -0.4 is 4.72 Å². The molecule has 1 N–H and O–H groups in total. The van der Waals surface area contributed by atoms with E-state index in [0.29, 0.717) is 15.7 Å². The van der Waals surface area contributed by atoms with Crippen LogP contribution in [0.3, 0.4) is 0 Å². The van der Waals surface area contributed by atoms with Crippen LogP contribution in [-0.2, 0) is 10.0 Å². The molecule has 0 unspecified atom stereocenters. The molecule has 6 heteroatoms. The van der Waals surface area contributed by atoms with Crippen molar-refractivity contribution in [3.63, 3.8) is 0 Å². The van der Waals surface area contributed by atoms with Crippen molar-refractivity contribution < 1.29 is 13.2 Å². The van der Waals surface area contributed by atoms with Crippen molar-refractivity contribution in [1.29, 1.82) is 0 Å². The Morgan fingerprint density at radius 3 is 2.52 bits per heavy atom. The Balaban J connectivity index is 2.41. The molecule has 2 aromatic carbocycles. The van der Waals surface area contributed by atoms with Crippen molar-refractivity contribution in [3.8, 4) is 0 Å². The summed E-state index contributed by atoms with van der Waals surface area (Å²) in [5.41, 5.74) is 1.76. The summed E-state index contributed by atoms with van der Waals surface area (Å²) in [4.78, 5) is 11.4. The number of rotatable bonds is 4. The summed E-state index contributed by atoms with van der Waals surface area (Å²) in [6.45, 7) is 3.27. The van der Waals surface area contributed by atoms with E-state index in [2.05, 4.69) is 20.7 Å². The Morgan fingerprint density at radius 2 is 1.86 bits per heavy atom. The number of carbonyl (C=O) groups excluding carboxylic acids is 1. The number of aryl methyl sites for hydroxylation is 1. The number of Topliss-reactive ketones (excluding diaryl/α,β-unsaturated/α-hetero) is 1. The number of benzene rings is 2. The average molecular weight is 368 g/mol. The van der Waals surface area contributed by atoms with Crippen LogP contribution in [0.15, 0.2) is 51.8 Å². The highest BCUT2D eigenvalue weighted by Crippen LogP contribution is 2.26. The Kier molecular flexibility index (Phi) is 4.49. The number of sulfonamides is 1. The normalized spacial score (nSPS) is 11.2. The van der Waals surface area contributed by atoms with E-state index in [1.54, 1.807) is 24.3 Å². The quantitative estimate of drug-likeness (QED) is 0.836. The van der Waals surface area contributed by atoms with Crippen molar-refractivity contribution >= 4 is 37.4 Å². The lowest BCUT2D eigenvalue weighted by atomic mass is 10.2. The van der Waals surface area contributed by atoms with Gasteiger partial charge in [-0.3, -0.25) is 9.52 Å². The second-order valence-corrected chi connectivity index (χ2v) is 7.21. The highest BCUT2D eigenvalue weighted by molar-refractivity contribution is 9.10. The molecule has 0 heterocycles. The average Bonchev–Trinajstić information content (AvgIpc) is 2.43. The Morgan fingerprint density at radius 1 is 1.14 bits per heavy atom. The molecule has 0 aliphatic carbocycles.